The van der Waals surface area contributed by atoms with Crippen molar-refractivity contribution in [2.45, 2.75) is 39.7 Å². The van der Waals surface area contributed by atoms with E-state index in [2.05, 4.69) is 15.2 Å². The molecule has 0 saturated carbocycles. The molecule has 2 rings (SSSR count). The van der Waals surface area contributed by atoms with Crippen LogP contribution in [0.5, 0.6) is 0 Å². The van der Waals surface area contributed by atoms with Crippen molar-refractivity contribution in [1.82, 2.24) is 20.1 Å². The van der Waals surface area contributed by atoms with E-state index < -0.39 is 5.41 Å². The summed E-state index contributed by atoms with van der Waals surface area (Å²) in [4.78, 5) is 19.0. The second-order valence-corrected chi connectivity index (χ2v) is 5.58. The van der Waals surface area contributed by atoms with E-state index in [-0.39, 0.29) is 12.0 Å². The molecule has 1 saturated heterocycles. The van der Waals surface area contributed by atoms with E-state index in [4.69, 9.17) is 10.5 Å². The van der Waals surface area contributed by atoms with Gasteiger partial charge in [-0.05, 0) is 19.8 Å². The minimum absolute atomic E-state index is 0.121. The van der Waals surface area contributed by atoms with Crippen LogP contribution in [0.15, 0.2) is 0 Å². The van der Waals surface area contributed by atoms with Crippen molar-refractivity contribution in [1.29, 1.82) is 0 Å². The van der Waals surface area contributed by atoms with Crippen LogP contribution in [0.3, 0.4) is 0 Å². The molecule has 3 N–H and O–H groups in total. The van der Waals surface area contributed by atoms with Gasteiger partial charge >= 0.3 is 0 Å². The number of hydrogen-bond donors (Lipinski definition) is 2. The van der Waals surface area contributed by atoms with Crippen molar-refractivity contribution in [3.05, 3.63) is 11.6 Å². The number of morpholine rings is 1. The summed E-state index contributed by atoms with van der Waals surface area (Å²) in [6, 6.07) is 0. The molecular formula is C14H25N5O2. The lowest BCUT2D eigenvalue weighted by Crippen LogP contribution is -2.51. The fourth-order valence-electron chi connectivity index (χ4n) is 2.76. The first-order chi connectivity index (χ1) is 10.1. The molecule has 1 aromatic heterocycles. The first kappa shape index (κ1) is 15.9. The minimum atomic E-state index is -0.461. The summed E-state index contributed by atoms with van der Waals surface area (Å²) in [6.45, 7) is 7.84. The second-order valence-electron chi connectivity index (χ2n) is 5.58. The number of H-pyrrole nitrogens is 1. The molecular weight excluding hydrogens is 270 g/mol. The Bertz CT molecular complexity index is 475. The highest BCUT2D eigenvalue weighted by Gasteiger charge is 2.39. The van der Waals surface area contributed by atoms with Gasteiger partial charge in [-0.1, -0.05) is 13.8 Å². The molecule has 0 aliphatic carbocycles. The minimum Gasteiger partial charge on any atom is -0.366 e. The first-order valence-corrected chi connectivity index (χ1v) is 7.56. The standard InChI is InChI=1S/C14H25N5O2/c1-4-14(5-2,9-15)13(20)19-6-7-21-11(8-19)12-16-10(3)17-18-12/h11H,4-9,15H2,1-3H3,(H,16,17,18). The van der Waals surface area contributed by atoms with Crippen LogP contribution in [0.25, 0.3) is 0 Å². The largest absolute Gasteiger partial charge is 0.366 e. The first-order valence-electron chi connectivity index (χ1n) is 7.56. The Labute approximate surface area is 125 Å². The number of nitrogens with two attached hydrogens (primary N) is 1. The molecule has 1 unspecified atom stereocenters. The average Bonchev–Trinajstić information content (AvgIpc) is 2.96. The van der Waals surface area contributed by atoms with Crippen molar-refractivity contribution < 1.29 is 9.53 Å². The van der Waals surface area contributed by atoms with Gasteiger partial charge in [-0.3, -0.25) is 9.89 Å². The molecule has 0 radical (unpaired) electrons. The van der Waals surface area contributed by atoms with E-state index in [0.717, 1.165) is 18.7 Å². The normalized spacial score (nSPS) is 19.8. The fraction of sp³-hybridized carbons (Fsp3) is 0.786. The molecule has 2 heterocycles. The second kappa shape index (κ2) is 6.53. The molecule has 1 atom stereocenters. The van der Waals surface area contributed by atoms with Crippen molar-refractivity contribution in [3.8, 4) is 0 Å². The summed E-state index contributed by atoms with van der Waals surface area (Å²) < 4.78 is 5.70. The molecule has 7 nitrogen and oxygen atoms in total. The van der Waals surface area contributed by atoms with Crippen molar-refractivity contribution in [2.24, 2.45) is 11.1 Å². The maximum absolute atomic E-state index is 12.8. The van der Waals surface area contributed by atoms with Crippen LogP contribution in [-0.2, 0) is 9.53 Å². The average molecular weight is 295 g/mol. The Kier molecular flexibility index (Phi) is 4.95. The molecule has 1 aromatic rings. The smallest absolute Gasteiger partial charge is 0.230 e. The zero-order valence-electron chi connectivity index (χ0n) is 13.1. The lowest BCUT2D eigenvalue weighted by Gasteiger charge is -2.39. The highest BCUT2D eigenvalue weighted by molar-refractivity contribution is 5.83. The summed E-state index contributed by atoms with van der Waals surface area (Å²) in [6.07, 6.45) is 1.23. The number of nitrogens with one attached hydrogen (secondary N) is 1. The van der Waals surface area contributed by atoms with Crippen LogP contribution in [0.2, 0.25) is 0 Å². The molecule has 1 aliphatic rings. The number of aryl methyl sites for hydroxylation is 1. The number of hydrogen-bond acceptors (Lipinski definition) is 5. The SMILES string of the molecule is CCC(CC)(CN)C(=O)N1CCOC(c2n[nH]c(C)n2)C1. The van der Waals surface area contributed by atoms with Gasteiger partial charge in [0.05, 0.1) is 18.6 Å². The van der Waals surface area contributed by atoms with E-state index in [1.807, 2.05) is 25.7 Å². The van der Waals surface area contributed by atoms with E-state index in [0.29, 0.717) is 32.1 Å². The van der Waals surface area contributed by atoms with Gasteiger partial charge in [-0.15, -0.1) is 0 Å². The number of carbonyl (C=O) groups is 1. The van der Waals surface area contributed by atoms with Gasteiger partial charge < -0.3 is 15.4 Å². The molecule has 0 aromatic carbocycles. The summed E-state index contributed by atoms with van der Waals surface area (Å²) in [5.74, 6) is 1.47. The van der Waals surface area contributed by atoms with Gasteiger partial charge in [0, 0.05) is 13.1 Å². The topological polar surface area (TPSA) is 97.1 Å². The van der Waals surface area contributed by atoms with Gasteiger partial charge in [-0.2, -0.15) is 5.10 Å². The Balaban J connectivity index is 2.11. The van der Waals surface area contributed by atoms with Gasteiger partial charge in [0.2, 0.25) is 5.91 Å². The number of carbonyl (C=O) groups excluding carboxylic acids is 1. The van der Waals surface area contributed by atoms with Crippen LogP contribution in [0.4, 0.5) is 0 Å². The Morgan fingerprint density at radius 1 is 1.52 bits per heavy atom. The number of aromatic amines is 1. The maximum atomic E-state index is 12.8. The highest BCUT2D eigenvalue weighted by atomic mass is 16.5. The van der Waals surface area contributed by atoms with Crippen LogP contribution in [0, 0.1) is 12.3 Å². The lowest BCUT2D eigenvalue weighted by molar-refractivity contribution is -0.150. The molecule has 1 aliphatic heterocycles. The maximum Gasteiger partial charge on any atom is 0.230 e. The zero-order valence-corrected chi connectivity index (χ0v) is 13.1. The van der Waals surface area contributed by atoms with E-state index >= 15 is 0 Å². The molecule has 0 spiro atoms. The number of rotatable bonds is 5. The molecule has 7 heteroatoms. The Morgan fingerprint density at radius 3 is 2.76 bits per heavy atom. The van der Waals surface area contributed by atoms with Gasteiger partial charge in [0.1, 0.15) is 11.9 Å². The molecule has 118 valence electrons. The summed E-state index contributed by atoms with van der Waals surface area (Å²) >= 11 is 0. The van der Waals surface area contributed by atoms with Crippen molar-refractivity contribution >= 4 is 5.91 Å². The fourth-order valence-corrected chi connectivity index (χ4v) is 2.76. The summed E-state index contributed by atoms with van der Waals surface area (Å²) in [5.41, 5.74) is 5.42. The molecule has 21 heavy (non-hydrogen) atoms. The van der Waals surface area contributed by atoms with Crippen molar-refractivity contribution in [3.63, 3.8) is 0 Å². The predicted octanol–water partition coefficient (Wildman–Crippen LogP) is 0.778. The lowest BCUT2D eigenvalue weighted by atomic mass is 9.80. The molecule has 1 fully saturated rings. The third kappa shape index (κ3) is 3.08. The van der Waals surface area contributed by atoms with E-state index in [9.17, 15) is 4.79 Å². The summed E-state index contributed by atoms with van der Waals surface area (Å²) in [5, 5.41) is 6.94. The quantitative estimate of drug-likeness (QED) is 0.836. The monoisotopic (exact) mass is 295 g/mol. The van der Waals surface area contributed by atoms with Crippen LogP contribution in [0.1, 0.15) is 44.4 Å². The van der Waals surface area contributed by atoms with Crippen LogP contribution < -0.4 is 5.73 Å². The van der Waals surface area contributed by atoms with Crippen molar-refractivity contribution in [2.75, 3.05) is 26.2 Å². The number of nitrogens with zero attached hydrogens (tertiary/aromatic N) is 3. The number of amides is 1. The number of aromatic nitrogens is 3. The third-order valence-corrected chi connectivity index (χ3v) is 4.45. The summed E-state index contributed by atoms with van der Waals surface area (Å²) in [7, 11) is 0. The zero-order chi connectivity index (χ0) is 15.5. The molecule has 1 amide bonds. The molecule has 0 bridgehead atoms. The highest BCUT2D eigenvalue weighted by Crippen LogP contribution is 2.30. The number of ether oxygens (including phenoxy) is 1. The van der Waals surface area contributed by atoms with E-state index in [1.54, 1.807) is 0 Å². The van der Waals surface area contributed by atoms with Gasteiger partial charge in [0.15, 0.2) is 5.82 Å². The van der Waals surface area contributed by atoms with Crippen LogP contribution >= 0.6 is 0 Å². The van der Waals surface area contributed by atoms with Gasteiger partial charge in [0.25, 0.3) is 0 Å². The van der Waals surface area contributed by atoms with Crippen LogP contribution in [-0.4, -0.2) is 52.2 Å². The predicted molar refractivity (Wildman–Crippen MR) is 78.5 cm³/mol. The van der Waals surface area contributed by atoms with E-state index in [1.165, 1.54) is 0 Å². The third-order valence-electron chi connectivity index (χ3n) is 4.45. The van der Waals surface area contributed by atoms with Gasteiger partial charge in [-0.25, -0.2) is 4.98 Å². The Morgan fingerprint density at radius 2 is 2.24 bits per heavy atom. The Hall–Kier alpha value is -1.47.